The van der Waals surface area contributed by atoms with E-state index in [4.69, 9.17) is 14.3 Å². The number of alkyl carbamates (subject to hydrolysis) is 1. The number of hydroxylamine groups is 2. The van der Waals surface area contributed by atoms with Crippen LogP contribution in [0, 0.1) is 5.92 Å². The third kappa shape index (κ3) is 4.30. The van der Waals surface area contributed by atoms with Gasteiger partial charge in [-0.3, -0.25) is 9.59 Å². The molecule has 0 aliphatic carbocycles. The van der Waals surface area contributed by atoms with Crippen molar-refractivity contribution in [1.82, 2.24) is 10.4 Å². The van der Waals surface area contributed by atoms with E-state index < -0.39 is 41.5 Å². The summed E-state index contributed by atoms with van der Waals surface area (Å²) >= 11 is 0. The second kappa shape index (κ2) is 7.59. The monoisotopic (exact) mass is 390 g/mol. The Hall–Kier alpha value is -2.94. The Morgan fingerprint density at radius 2 is 1.79 bits per heavy atom. The van der Waals surface area contributed by atoms with Gasteiger partial charge in [-0.1, -0.05) is 17.2 Å². The molecule has 3 amide bonds. The predicted octanol–water partition coefficient (Wildman–Crippen LogP) is 1.67. The fraction of sp³-hybridized carbons (Fsp3) is 0.474. The highest BCUT2D eigenvalue weighted by atomic mass is 16.7. The van der Waals surface area contributed by atoms with E-state index in [-0.39, 0.29) is 30.7 Å². The second-order valence-electron chi connectivity index (χ2n) is 7.63. The fourth-order valence-electron chi connectivity index (χ4n) is 2.94. The minimum Gasteiger partial charge on any atom is -0.444 e. The third-order valence-electron chi connectivity index (χ3n) is 4.22. The number of ether oxygens (including phenoxy) is 2. The highest BCUT2D eigenvalue weighted by Gasteiger charge is 2.41. The molecule has 2 heterocycles. The lowest BCUT2D eigenvalue weighted by Gasteiger charge is -2.20. The minimum atomic E-state index is -0.728. The fourth-order valence-corrected chi connectivity index (χ4v) is 2.94. The number of benzene rings is 1. The predicted molar refractivity (Wildman–Crippen MR) is 95.1 cm³/mol. The van der Waals surface area contributed by atoms with Crippen LogP contribution in [0.2, 0.25) is 0 Å². The van der Waals surface area contributed by atoms with Gasteiger partial charge in [0.05, 0.1) is 29.8 Å². The summed E-state index contributed by atoms with van der Waals surface area (Å²) in [6.07, 6.45) is -0.682. The Bertz CT molecular complexity index is 780. The van der Waals surface area contributed by atoms with Gasteiger partial charge in [0, 0.05) is 6.54 Å². The van der Waals surface area contributed by atoms with Crippen LogP contribution < -0.4 is 5.32 Å². The second-order valence-corrected chi connectivity index (χ2v) is 7.63. The van der Waals surface area contributed by atoms with Gasteiger partial charge in [0.25, 0.3) is 11.8 Å². The van der Waals surface area contributed by atoms with Crippen LogP contribution in [0.25, 0.3) is 0 Å². The molecule has 2 aliphatic heterocycles. The Morgan fingerprint density at radius 3 is 2.36 bits per heavy atom. The van der Waals surface area contributed by atoms with E-state index in [1.807, 2.05) is 0 Å². The van der Waals surface area contributed by atoms with Gasteiger partial charge < -0.3 is 19.6 Å². The van der Waals surface area contributed by atoms with Crippen LogP contribution in [0.3, 0.4) is 0 Å². The number of amides is 3. The van der Waals surface area contributed by atoms with Crippen molar-refractivity contribution in [2.75, 3.05) is 13.2 Å². The minimum absolute atomic E-state index is 0.0721. The van der Waals surface area contributed by atoms with Crippen LogP contribution in [-0.4, -0.2) is 53.8 Å². The first-order valence-electron chi connectivity index (χ1n) is 8.94. The van der Waals surface area contributed by atoms with Gasteiger partial charge in [-0.2, -0.15) is 0 Å². The molecule has 0 unspecified atom stereocenters. The van der Waals surface area contributed by atoms with Crippen molar-refractivity contribution < 1.29 is 33.5 Å². The molecule has 0 saturated carbocycles. The summed E-state index contributed by atoms with van der Waals surface area (Å²) in [6.45, 7) is 5.51. The Kier molecular flexibility index (Phi) is 5.37. The maximum atomic E-state index is 12.4. The number of imide groups is 1. The highest BCUT2D eigenvalue weighted by molar-refractivity contribution is 6.20. The molecule has 3 rings (SSSR count). The Labute approximate surface area is 161 Å². The molecule has 1 saturated heterocycles. The third-order valence-corrected chi connectivity index (χ3v) is 4.22. The van der Waals surface area contributed by atoms with Gasteiger partial charge in [-0.15, -0.1) is 0 Å². The summed E-state index contributed by atoms with van der Waals surface area (Å²) in [4.78, 5) is 53.6. The zero-order valence-corrected chi connectivity index (χ0v) is 15.9. The van der Waals surface area contributed by atoms with Crippen molar-refractivity contribution >= 4 is 23.9 Å². The van der Waals surface area contributed by atoms with Gasteiger partial charge >= 0.3 is 12.1 Å². The van der Waals surface area contributed by atoms with E-state index in [9.17, 15) is 19.2 Å². The maximum absolute atomic E-state index is 12.4. The summed E-state index contributed by atoms with van der Waals surface area (Å²) in [5.41, 5.74) is -0.218. The van der Waals surface area contributed by atoms with E-state index >= 15 is 0 Å². The molecule has 1 N–H and O–H groups in total. The molecule has 1 fully saturated rings. The smallest absolute Gasteiger partial charge is 0.407 e. The normalized spacial score (nSPS) is 21.5. The van der Waals surface area contributed by atoms with Crippen molar-refractivity contribution in [1.29, 1.82) is 0 Å². The standard InChI is InChI=1S/C19H22N2O7/c1-19(2,3)27-18(25)20-9-12-8-11(10-26-12)17(24)28-21-15(22)13-6-4-5-7-14(13)16(21)23/h4-7,11-12H,8-10H2,1-3H3,(H,20,25)/t11-,12-/m0/s1. The molecule has 0 spiro atoms. The van der Waals surface area contributed by atoms with Gasteiger partial charge in [0.15, 0.2) is 0 Å². The number of carbonyl (C=O) groups is 4. The van der Waals surface area contributed by atoms with Crippen molar-refractivity contribution in [3.8, 4) is 0 Å². The first-order chi connectivity index (χ1) is 13.2. The van der Waals surface area contributed by atoms with E-state index in [0.29, 0.717) is 5.06 Å². The molecular weight excluding hydrogens is 368 g/mol. The first-order valence-corrected chi connectivity index (χ1v) is 8.94. The van der Waals surface area contributed by atoms with Gasteiger partial charge in [0.1, 0.15) is 5.60 Å². The lowest BCUT2D eigenvalue weighted by Crippen LogP contribution is -2.37. The molecular formula is C19H22N2O7. The molecule has 0 aromatic heterocycles. The molecule has 9 heteroatoms. The van der Waals surface area contributed by atoms with Crippen LogP contribution in [0.1, 0.15) is 47.9 Å². The van der Waals surface area contributed by atoms with Crippen molar-refractivity contribution in [2.45, 2.75) is 38.9 Å². The first kappa shape index (κ1) is 19.8. The number of hydrogen-bond donors (Lipinski definition) is 1. The number of nitrogens with one attached hydrogen (secondary N) is 1. The van der Waals surface area contributed by atoms with Crippen molar-refractivity contribution in [3.63, 3.8) is 0 Å². The SMILES string of the molecule is CC(C)(C)OC(=O)NC[C@@H]1C[C@H](C(=O)ON2C(=O)c3ccccc3C2=O)CO1. The zero-order valence-electron chi connectivity index (χ0n) is 15.9. The molecule has 2 aliphatic rings. The van der Waals surface area contributed by atoms with Crippen LogP contribution in [-0.2, 0) is 19.1 Å². The summed E-state index contributed by atoms with van der Waals surface area (Å²) < 4.78 is 10.6. The maximum Gasteiger partial charge on any atom is 0.407 e. The average Bonchev–Trinajstić information content (AvgIpc) is 3.18. The molecule has 1 aromatic rings. The quantitative estimate of drug-likeness (QED) is 0.779. The van der Waals surface area contributed by atoms with Crippen LogP contribution in [0.4, 0.5) is 4.79 Å². The zero-order chi connectivity index (χ0) is 20.5. The number of nitrogens with zero attached hydrogens (tertiary/aromatic N) is 1. The van der Waals surface area contributed by atoms with E-state index in [1.54, 1.807) is 32.9 Å². The number of carbonyl (C=O) groups excluding carboxylic acids is 4. The van der Waals surface area contributed by atoms with Crippen LogP contribution >= 0.6 is 0 Å². The molecule has 0 bridgehead atoms. The largest absolute Gasteiger partial charge is 0.444 e. The highest BCUT2D eigenvalue weighted by Crippen LogP contribution is 2.26. The number of hydrogen-bond acceptors (Lipinski definition) is 7. The Morgan fingerprint density at radius 1 is 1.18 bits per heavy atom. The lowest BCUT2D eigenvalue weighted by molar-refractivity contribution is -0.173. The number of fused-ring (bicyclic) bond motifs is 1. The topological polar surface area (TPSA) is 111 Å². The number of rotatable bonds is 4. The van der Waals surface area contributed by atoms with Crippen molar-refractivity contribution in [3.05, 3.63) is 35.4 Å². The molecule has 1 aromatic carbocycles. The average molecular weight is 390 g/mol. The van der Waals surface area contributed by atoms with Crippen LogP contribution in [0.15, 0.2) is 24.3 Å². The summed E-state index contributed by atoms with van der Waals surface area (Å²) in [5.74, 6) is -2.71. The van der Waals surface area contributed by atoms with Gasteiger partial charge in [-0.05, 0) is 39.3 Å². The molecule has 2 atom stereocenters. The Balaban J connectivity index is 1.50. The summed E-state index contributed by atoms with van der Waals surface area (Å²) in [7, 11) is 0. The van der Waals surface area contributed by atoms with E-state index in [2.05, 4.69) is 5.32 Å². The van der Waals surface area contributed by atoms with Gasteiger partial charge in [0.2, 0.25) is 0 Å². The van der Waals surface area contributed by atoms with Crippen molar-refractivity contribution in [2.24, 2.45) is 5.92 Å². The van der Waals surface area contributed by atoms with E-state index in [1.165, 1.54) is 12.1 Å². The molecule has 9 nitrogen and oxygen atoms in total. The molecule has 28 heavy (non-hydrogen) atoms. The lowest BCUT2D eigenvalue weighted by atomic mass is 10.1. The summed E-state index contributed by atoms with van der Waals surface area (Å²) in [5, 5.41) is 3.07. The summed E-state index contributed by atoms with van der Waals surface area (Å²) in [6, 6.07) is 6.26. The molecule has 0 radical (unpaired) electrons. The van der Waals surface area contributed by atoms with Gasteiger partial charge in [-0.25, -0.2) is 9.59 Å². The molecule has 150 valence electrons. The van der Waals surface area contributed by atoms with Crippen LogP contribution in [0.5, 0.6) is 0 Å². The van der Waals surface area contributed by atoms with E-state index in [0.717, 1.165) is 0 Å².